The van der Waals surface area contributed by atoms with Crippen LogP contribution in [-0.2, 0) is 9.59 Å². The third-order valence-corrected chi connectivity index (χ3v) is 10.7. The van der Waals surface area contributed by atoms with E-state index in [9.17, 15) is 14.9 Å². The average molecular weight is 432 g/mol. The highest BCUT2D eigenvalue weighted by atomic mass is 16.1. The SMILES string of the molecule is CC1=C2CCC3(C)C(=CC(=O)C4C5CC(C)(C)CCC5(C)CCC43)C2(C)C=C(C#N)C1=O. The molecule has 0 amide bonds. The summed E-state index contributed by atoms with van der Waals surface area (Å²) < 4.78 is 0. The topological polar surface area (TPSA) is 57.9 Å². The standard InChI is InChI=1S/C29H37NO2/c1-17-19-8-10-28(5)20-7-9-27(4)12-11-26(2,3)15-21(27)24(20)22(31)13-23(28)29(19,6)14-18(16-30)25(17)32/h13-14,20-21,24H,7-12,15H2,1-6H3. The highest BCUT2D eigenvalue weighted by molar-refractivity contribution is 6.12. The van der Waals surface area contributed by atoms with Crippen molar-refractivity contribution in [2.24, 2.45) is 39.4 Å². The van der Waals surface area contributed by atoms with Crippen LogP contribution in [0, 0.1) is 50.7 Å². The van der Waals surface area contributed by atoms with Gasteiger partial charge in [0, 0.05) is 11.3 Å². The summed E-state index contributed by atoms with van der Waals surface area (Å²) in [6.45, 7) is 13.6. The first kappa shape index (κ1) is 21.9. The summed E-state index contributed by atoms with van der Waals surface area (Å²) in [5.41, 5.74) is 3.26. The minimum Gasteiger partial charge on any atom is -0.295 e. The monoisotopic (exact) mass is 431 g/mol. The molecule has 0 saturated heterocycles. The molecule has 3 saturated carbocycles. The zero-order valence-corrected chi connectivity index (χ0v) is 20.6. The lowest BCUT2D eigenvalue weighted by Gasteiger charge is -2.63. The molecule has 5 rings (SSSR count). The lowest BCUT2D eigenvalue weighted by molar-refractivity contribution is -0.141. The van der Waals surface area contributed by atoms with Crippen LogP contribution >= 0.6 is 0 Å². The summed E-state index contributed by atoms with van der Waals surface area (Å²) in [7, 11) is 0. The molecule has 5 aliphatic carbocycles. The third-order valence-electron chi connectivity index (χ3n) is 10.7. The summed E-state index contributed by atoms with van der Waals surface area (Å²) in [5.74, 6) is 1.10. The second kappa shape index (κ2) is 6.55. The Morgan fingerprint density at radius 1 is 1.00 bits per heavy atom. The molecule has 6 unspecified atom stereocenters. The van der Waals surface area contributed by atoms with E-state index in [4.69, 9.17) is 0 Å². The molecule has 0 aromatic rings. The molecule has 0 aromatic carbocycles. The van der Waals surface area contributed by atoms with Crippen molar-refractivity contribution in [3.8, 4) is 6.07 Å². The van der Waals surface area contributed by atoms with Crippen LogP contribution in [0.3, 0.4) is 0 Å². The first-order valence-electron chi connectivity index (χ1n) is 12.5. The fourth-order valence-corrected chi connectivity index (χ4v) is 8.67. The normalized spacial score (nSPS) is 45.0. The predicted molar refractivity (Wildman–Crippen MR) is 125 cm³/mol. The molecule has 32 heavy (non-hydrogen) atoms. The van der Waals surface area contributed by atoms with Gasteiger partial charge in [0.05, 0.1) is 5.57 Å². The molecule has 0 bridgehead atoms. The summed E-state index contributed by atoms with van der Waals surface area (Å²) in [6, 6.07) is 2.13. The van der Waals surface area contributed by atoms with Crippen LogP contribution in [0.5, 0.6) is 0 Å². The number of hydrogen-bond acceptors (Lipinski definition) is 3. The molecule has 0 aliphatic heterocycles. The molecule has 5 aliphatic rings. The largest absolute Gasteiger partial charge is 0.295 e. The Labute approximate surface area is 193 Å². The number of rotatable bonds is 0. The first-order chi connectivity index (χ1) is 14.9. The van der Waals surface area contributed by atoms with Crippen LogP contribution < -0.4 is 0 Å². The number of Topliss-reactive ketones (excluding diaryl/α,β-unsaturated/α-hetero) is 1. The Morgan fingerprint density at radius 3 is 2.41 bits per heavy atom. The van der Waals surface area contributed by atoms with E-state index in [-0.39, 0.29) is 28.1 Å². The number of ketones is 2. The summed E-state index contributed by atoms with van der Waals surface area (Å²) in [5, 5.41) is 9.64. The second-order valence-electron chi connectivity index (χ2n) is 13.0. The zero-order valence-electron chi connectivity index (χ0n) is 20.6. The van der Waals surface area contributed by atoms with Crippen LogP contribution in [0.1, 0.15) is 86.5 Å². The number of allylic oxidation sites excluding steroid dienone is 6. The number of nitrogens with zero attached hydrogens (tertiary/aromatic N) is 1. The van der Waals surface area contributed by atoms with Gasteiger partial charge in [0.15, 0.2) is 11.6 Å². The van der Waals surface area contributed by atoms with Gasteiger partial charge in [0.25, 0.3) is 0 Å². The van der Waals surface area contributed by atoms with Gasteiger partial charge in [-0.25, -0.2) is 0 Å². The molecule has 3 heteroatoms. The Bertz CT molecular complexity index is 1070. The van der Waals surface area contributed by atoms with Crippen LogP contribution in [0.2, 0.25) is 0 Å². The summed E-state index contributed by atoms with van der Waals surface area (Å²) >= 11 is 0. The van der Waals surface area contributed by atoms with Crippen LogP contribution in [0.15, 0.2) is 34.4 Å². The lowest BCUT2D eigenvalue weighted by Crippen LogP contribution is -2.57. The summed E-state index contributed by atoms with van der Waals surface area (Å²) in [6.07, 6.45) is 11.7. The fraction of sp³-hybridized carbons (Fsp3) is 0.690. The van der Waals surface area contributed by atoms with Gasteiger partial charge in [-0.2, -0.15) is 5.26 Å². The minimum atomic E-state index is -0.497. The van der Waals surface area contributed by atoms with E-state index in [0.29, 0.717) is 28.6 Å². The van der Waals surface area contributed by atoms with Gasteiger partial charge < -0.3 is 0 Å². The number of fused-ring (bicyclic) bond motifs is 7. The molecule has 3 nitrogen and oxygen atoms in total. The average Bonchev–Trinajstić information content (AvgIpc) is 2.72. The van der Waals surface area contributed by atoms with Crippen molar-refractivity contribution in [3.05, 3.63) is 34.4 Å². The van der Waals surface area contributed by atoms with E-state index in [2.05, 4.69) is 40.7 Å². The van der Waals surface area contributed by atoms with E-state index >= 15 is 0 Å². The van der Waals surface area contributed by atoms with Gasteiger partial charge >= 0.3 is 0 Å². The molecular weight excluding hydrogens is 394 g/mol. The van der Waals surface area contributed by atoms with Crippen LogP contribution in [0.25, 0.3) is 0 Å². The Balaban J connectivity index is 1.65. The van der Waals surface area contributed by atoms with E-state index in [0.717, 1.165) is 36.8 Å². The molecule has 0 heterocycles. The lowest BCUT2D eigenvalue weighted by atomic mass is 9.41. The van der Waals surface area contributed by atoms with E-state index in [1.165, 1.54) is 19.3 Å². The molecular formula is C29H37NO2. The predicted octanol–water partition coefficient (Wildman–Crippen LogP) is 6.51. The minimum absolute atomic E-state index is 0.0581. The fourth-order valence-electron chi connectivity index (χ4n) is 8.67. The Morgan fingerprint density at radius 2 is 1.72 bits per heavy atom. The molecule has 0 radical (unpaired) electrons. The maximum atomic E-state index is 13.9. The number of nitriles is 1. The van der Waals surface area contributed by atoms with Gasteiger partial charge in [-0.1, -0.05) is 27.7 Å². The van der Waals surface area contributed by atoms with Gasteiger partial charge in [-0.05, 0) is 116 Å². The van der Waals surface area contributed by atoms with Crippen molar-refractivity contribution in [3.63, 3.8) is 0 Å². The van der Waals surface area contributed by atoms with Crippen molar-refractivity contribution < 1.29 is 9.59 Å². The number of carbonyl (C=O) groups excluding carboxylic acids is 2. The van der Waals surface area contributed by atoms with Crippen LogP contribution in [0.4, 0.5) is 0 Å². The maximum Gasteiger partial charge on any atom is 0.198 e. The van der Waals surface area contributed by atoms with Crippen LogP contribution in [-0.4, -0.2) is 11.6 Å². The molecule has 0 spiro atoms. The molecule has 0 aromatic heterocycles. The van der Waals surface area contributed by atoms with Gasteiger partial charge in [-0.3, -0.25) is 9.59 Å². The highest BCUT2D eigenvalue weighted by Gasteiger charge is 2.62. The van der Waals surface area contributed by atoms with E-state index in [1.807, 2.05) is 19.1 Å². The van der Waals surface area contributed by atoms with Crippen molar-refractivity contribution in [1.29, 1.82) is 5.26 Å². The number of hydrogen-bond donors (Lipinski definition) is 0. The van der Waals surface area contributed by atoms with E-state index in [1.54, 1.807) is 0 Å². The first-order valence-corrected chi connectivity index (χ1v) is 12.5. The van der Waals surface area contributed by atoms with Crippen molar-refractivity contribution >= 4 is 11.6 Å². The smallest absolute Gasteiger partial charge is 0.198 e. The molecule has 0 N–H and O–H groups in total. The summed E-state index contributed by atoms with van der Waals surface area (Å²) in [4.78, 5) is 26.6. The Hall–Kier alpha value is -1.95. The van der Waals surface area contributed by atoms with Crippen molar-refractivity contribution in [2.45, 2.75) is 86.5 Å². The van der Waals surface area contributed by atoms with Crippen molar-refractivity contribution in [1.82, 2.24) is 0 Å². The highest BCUT2D eigenvalue weighted by Crippen LogP contribution is 2.68. The zero-order chi connectivity index (χ0) is 23.3. The van der Waals surface area contributed by atoms with Crippen molar-refractivity contribution in [2.75, 3.05) is 0 Å². The maximum absolute atomic E-state index is 13.9. The number of carbonyl (C=O) groups is 2. The Kier molecular flexibility index (Phi) is 4.48. The molecule has 170 valence electrons. The van der Waals surface area contributed by atoms with Gasteiger partial charge in [0.2, 0.25) is 0 Å². The third kappa shape index (κ3) is 2.71. The second-order valence-corrected chi connectivity index (χ2v) is 13.0. The molecule has 6 atom stereocenters. The van der Waals surface area contributed by atoms with Gasteiger partial charge in [-0.15, -0.1) is 0 Å². The quantitative estimate of drug-likeness (QED) is 0.439. The van der Waals surface area contributed by atoms with Gasteiger partial charge in [0.1, 0.15) is 6.07 Å². The molecule has 3 fully saturated rings. The van der Waals surface area contributed by atoms with E-state index < -0.39 is 5.41 Å².